The highest BCUT2D eigenvalue weighted by Crippen LogP contribution is 2.28. The van der Waals surface area contributed by atoms with Crippen molar-refractivity contribution in [3.05, 3.63) is 39.8 Å². The van der Waals surface area contributed by atoms with E-state index in [0.717, 1.165) is 12.0 Å². The molecule has 1 aromatic heterocycles. The summed E-state index contributed by atoms with van der Waals surface area (Å²) in [5.74, 6) is -0.395. The van der Waals surface area contributed by atoms with Gasteiger partial charge in [-0.1, -0.05) is 18.5 Å². The lowest BCUT2D eigenvalue weighted by Crippen LogP contribution is -1.95. The van der Waals surface area contributed by atoms with Gasteiger partial charge in [-0.2, -0.15) is 5.26 Å². The lowest BCUT2D eigenvalue weighted by atomic mass is 10.0. The second-order valence-electron chi connectivity index (χ2n) is 3.84. The smallest absolute Gasteiger partial charge is 0.149 e. The second-order valence-corrected chi connectivity index (χ2v) is 4.20. The van der Waals surface area contributed by atoms with Crippen LogP contribution in [0.3, 0.4) is 0 Å². The number of hydrogen-bond donors (Lipinski definition) is 0. The molecule has 1 aromatic carbocycles. The fourth-order valence-electron chi connectivity index (χ4n) is 1.83. The normalized spacial score (nSPS) is 10.5. The van der Waals surface area contributed by atoms with Gasteiger partial charge in [0.15, 0.2) is 0 Å². The zero-order valence-electron chi connectivity index (χ0n) is 9.51. The first-order valence-electron chi connectivity index (χ1n) is 5.26. The Kier molecular flexibility index (Phi) is 2.99. The third kappa shape index (κ3) is 1.85. The number of nitrogens with zero attached hydrogens (tertiary/aromatic N) is 2. The van der Waals surface area contributed by atoms with Crippen LogP contribution < -0.4 is 0 Å². The molecule has 0 saturated heterocycles. The fourth-order valence-corrected chi connectivity index (χ4v) is 2.10. The molecule has 0 aliphatic heterocycles. The van der Waals surface area contributed by atoms with Crippen LogP contribution in [0.4, 0.5) is 4.39 Å². The Morgan fingerprint density at radius 2 is 2.18 bits per heavy atom. The number of pyridine rings is 1. The average molecular weight is 249 g/mol. The standard InChI is InChI=1S/C13H10ClFN2/c1-3-8-4-9-7(2)10(6-16)13(14)17-12(9)11(15)5-8/h4-5H,3H2,1-2H3. The van der Waals surface area contributed by atoms with E-state index >= 15 is 0 Å². The van der Waals surface area contributed by atoms with Gasteiger partial charge in [-0.15, -0.1) is 0 Å². The predicted molar refractivity (Wildman–Crippen MR) is 65.5 cm³/mol. The Morgan fingerprint density at radius 1 is 1.47 bits per heavy atom. The summed E-state index contributed by atoms with van der Waals surface area (Å²) >= 11 is 5.85. The van der Waals surface area contributed by atoms with Crippen LogP contribution in [0.5, 0.6) is 0 Å². The minimum Gasteiger partial charge on any atom is -0.232 e. The Bertz CT molecular complexity index is 644. The molecule has 0 radical (unpaired) electrons. The molecule has 0 saturated carbocycles. The van der Waals surface area contributed by atoms with Crippen molar-refractivity contribution in [2.75, 3.05) is 0 Å². The van der Waals surface area contributed by atoms with E-state index in [1.54, 1.807) is 6.92 Å². The van der Waals surface area contributed by atoms with E-state index < -0.39 is 5.82 Å². The van der Waals surface area contributed by atoms with Crippen LogP contribution >= 0.6 is 11.6 Å². The van der Waals surface area contributed by atoms with E-state index in [-0.39, 0.29) is 10.7 Å². The van der Waals surface area contributed by atoms with Gasteiger partial charge < -0.3 is 0 Å². The maximum atomic E-state index is 13.8. The molecule has 0 amide bonds. The lowest BCUT2D eigenvalue weighted by Gasteiger charge is -2.08. The van der Waals surface area contributed by atoms with Crippen molar-refractivity contribution in [2.24, 2.45) is 0 Å². The number of hydrogen-bond acceptors (Lipinski definition) is 2. The van der Waals surface area contributed by atoms with Crippen molar-refractivity contribution in [3.63, 3.8) is 0 Å². The van der Waals surface area contributed by atoms with E-state index in [4.69, 9.17) is 16.9 Å². The van der Waals surface area contributed by atoms with E-state index in [1.807, 2.05) is 19.1 Å². The number of rotatable bonds is 1. The monoisotopic (exact) mass is 248 g/mol. The van der Waals surface area contributed by atoms with E-state index in [9.17, 15) is 4.39 Å². The molecule has 0 bridgehead atoms. The largest absolute Gasteiger partial charge is 0.232 e. The SMILES string of the molecule is CCc1cc(F)c2nc(Cl)c(C#N)c(C)c2c1. The molecular formula is C13H10ClFN2. The molecular weight excluding hydrogens is 239 g/mol. The molecule has 86 valence electrons. The van der Waals surface area contributed by atoms with Gasteiger partial charge in [0.25, 0.3) is 0 Å². The fraction of sp³-hybridized carbons (Fsp3) is 0.231. The first-order chi connectivity index (χ1) is 8.08. The molecule has 0 atom stereocenters. The third-order valence-corrected chi connectivity index (χ3v) is 3.11. The van der Waals surface area contributed by atoms with E-state index in [2.05, 4.69) is 4.98 Å². The van der Waals surface area contributed by atoms with Crippen molar-refractivity contribution in [1.29, 1.82) is 5.26 Å². The molecule has 0 spiro atoms. The van der Waals surface area contributed by atoms with Gasteiger partial charge in [0.05, 0.1) is 5.56 Å². The highest BCUT2D eigenvalue weighted by atomic mass is 35.5. The first-order valence-corrected chi connectivity index (χ1v) is 5.64. The van der Waals surface area contributed by atoms with Crippen molar-refractivity contribution in [3.8, 4) is 6.07 Å². The summed E-state index contributed by atoms with van der Waals surface area (Å²) in [7, 11) is 0. The molecule has 0 unspecified atom stereocenters. The Labute approximate surface area is 104 Å². The van der Waals surface area contributed by atoms with E-state index in [0.29, 0.717) is 16.5 Å². The van der Waals surface area contributed by atoms with Crippen LogP contribution in [0.2, 0.25) is 5.15 Å². The summed E-state index contributed by atoms with van der Waals surface area (Å²) < 4.78 is 13.8. The maximum Gasteiger partial charge on any atom is 0.149 e. The highest BCUT2D eigenvalue weighted by Gasteiger charge is 2.13. The van der Waals surface area contributed by atoms with Gasteiger partial charge in [0.1, 0.15) is 22.6 Å². The van der Waals surface area contributed by atoms with Crippen molar-refractivity contribution < 1.29 is 4.39 Å². The number of aryl methyl sites for hydroxylation is 2. The molecule has 1 heterocycles. The van der Waals surface area contributed by atoms with Crippen molar-refractivity contribution >= 4 is 22.5 Å². The number of aromatic nitrogens is 1. The third-order valence-electron chi connectivity index (χ3n) is 2.84. The Balaban J connectivity index is 2.93. The van der Waals surface area contributed by atoms with Gasteiger partial charge in [0.2, 0.25) is 0 Å². The molecule has 4 heteroatoms. The van der Waals surface area contributed by atoms with Crippen LogP contribution in [-0.4, -0.2) is 4.98 Å². The van der Waals surface area contributed by atoms with Crippen LogP contribution in [-0.2, 0) is 6.42 Å². The number of fused-ring (bicyclic) bond motifs is 1. The minimum atomic E-state index is -0.395. The second kappa shape index (κ2) is 4.31. The van der Waals surface area contributed by atoms with Crippen molar-refractivity contribution in [2.45, 2.75) is 20.3 Å². The van der Waals surface area contributed by atoms with E-state index in [1.165, 1.54) is 6.07 Å². The molecule has 0 aliphatic carbocycles. The zero-order valence-corrected chi connectivity index (χ0v) is 10.3. The van der Waals surface area contributed by atoms with Gasteiger partial charge in [0, 0.05) is 5.39 Å². The molecule has 0 fully saturated rings. The molecule has 0 aliphatic rings. The molecule has 0 N–H and O–H groups in total. The lowest BCUT2D eigenvalue weighted by molar-refractivity contribution is 0.634. The minimum absolute atomic E-state index is 0.0562. The van der Waals surface area contributed by atoms with Gasteiger partial charge in [-0.05, 0) is 36.6 Å². The highest BCUT2D eigenvalue weighted by molar-refractivity contribution is 6.31. The predicted octanol–water partition coefficient (Wildman–Crippen LogP) is 3.77. The first kappa shape index (κ1) is 11.8. The molecule has 2 rings (SSSR count). The number of halogens is 2. The van der Waals surface area contributed by atoms with Gasteiger partial charge >= 0.3 is 0 Å². The average Bonchev–Trinajstić information content (AvgIpc) is 2.31. The van der Waals surface area contributed by atoms with Gasteiger partial charge in [-0.25, -0.2) is 9.37 Å². The Hall–Kier alpha value is -1.66. The summed E-state index contributed by atoms with van der Waals surface area (Å²) in [6.07, 6.45) is 0.733. The van der Waals surface area contributed by atoms with Crippen LogP contribution in [0.15, 0.2) is 12.1 Å². The summed E-state index contributed by atoms with van der Waals surface area (Å²) in [5, 5.41) is 9.70. The van der Waals surface area contributed by atoms with Crippen LogP contribution in [0, 0.1) is 24.1 Å². The summed E-state index contributed by atoms with van der Waals surface area (Å²) in [4.78, 5) is 3.95. The molecule has 17 heavy (non-hydrogen) atoms. The quantitative estimate of drug-likeness (QED) is 0.721. The summed E-state index contributed by atoms with van der Waals surface area (Å²) in [6, 6.07) is 5.31. The van der Waals surface area contributed by atoms with Crippen LogP contribution in [0.25, 0.3) is 10.9 Å². The topological polar surface area (TPSA) is 36.7 Å². The van der Waals surface area contributed by atoms with Crippen molar-refractivity contribution in [1.82, 2.24) is 4.98 Å². The maximum absolute atomic E-state index is 13.8. The molecule has 2 aromatic rings. The van der Waals surface area contributed by atoms with Crippen LogP contribution in [0.1, 0.15) is 23.6 Å². The Morgan fingerprint density at radius 3 is 2.76 bits per heavy atom. The number of benzene rings is 1. The van der Waals surface area contributed by atoms with Gasteiger partial charge in [-0.3, -0.25) is 0 Å². The summed E-state index contributed by atoms with van der Waals surface area (Å²) in [6.45, 7) is 3.71. The summed E-state index contributed by atoms with van der Waals surface area (Å²) in [5.41, 5.74) is 2.10. The number of nitriles is 1. The molecule has 2 nitrogen and oxygen atoms in total. The zero-order chi connectivity index (χ0) is 12.6.